The summed E-state index contributed by atoms with van der Waals surface area (Å²) in [5.74, 6) is 0.353. The molecule has 0 saturated heterocycles. The highest BCUT2D eigenvalue weighted by Gasteiger charge is 2.11. The molecule has 3 aromatic carbocycles. The highest BCUT2D eigenvalue weighted by atomic mass is 127. The molecule has 154 valence electrons. The van der Waals surface area contributed by atoms with Crippen molar-refractivity contribution in [2.24, 2.45) is 0 Å². The second kappa shape index (κ2) is 10.1. The van der Waals surface area contributed by atoms with E-state index in [2.05, 4.69) is 38.5 Å². The summed E-state index contributed by atoms with van der Waals surface area (Å²) in [7, 11) is 1.52. The van der Waals surface area contributed by atoms with E-state index in [9.17, 15) is 9.59 Å². The van der Waals surface area contributed by atoms with Gasteiger partial charge in [-0.15, -0.1) is 0 Å². The monoisotopic (exact) mass is 515 g/mol. The lowest BCUT2D eigenvalue weighted by Gasteiger charge is -2.14. The van der Waals surface area contributed by atoms with Crippen LogP contribution in [0, 0.1) is 10.5 Å². The molecule has 0 fully saturated rings. The van der Waals surface area contributed by atoms with Gasteiger partial charge in [-0.3, -0.25) is 4.79 Å². The summed E-state index contributed by atoms with van der Waals surface area (Å²) < 4.78 is 6.50. The molecular weight excluding hydrogens is 493 g/mol. The van der Waals surface area contributed by atoms with Crippen LogP contribution in [0.2, 0.25) is 0 Å². The number of carbonyl (C=O) groups is 2. The molecule has 0 radical (unpaired) electrons. The largest absolute Gasteiger partial charge is 0.495 e. The predicted octanol–water partition coefficient (Wildman–Crippen LogP) is 5.43. The highest BCUT2D eigenvalue weighted by molar-refractivity contribution is 14.1. The van der Waals surface area contributed by atoms with Gasteiger partial charge < -0.3 is 20.7 Å². The lowest BCUT2D eigenvalue weighted by Crippen LogP contribution is -2.20. The van der Waals surface area contributed by atoms with E-state index in [0.29, 0.717) is 11.4 Å². The van der Waals surface area contributed by atoms with Gasteiger partial charge in [-0.05, 0) is 83.1 Å². The minimum absolute atomic E-state index is 0.128. The Balaban J connectivity index is 1.64. The maximum absolute atomic E-state index is 12.3. The zero-order valence-electron chi connectivity index (χ0n) is 16.7. The lowest BCUT2D eigenvalue weighted by molar-refractivity contribution is -0.115. The van der Waals surface area contributed by atoms with Gasteiger partial charge in [-0.25, -0.2) is 4.79 Å². The first-order chi connectivity index (χ1) is 14.4. The van der Waals surface area contributed by atoms with E-state index < -0.39 is 0 Å². The van der Waals surface area contributed by atoms with Crippen molar-refractivity contribution >= 4 is 51.6 Å². The number of ether oxygens (including phenoxy) is 1. The first kappa shape index (κ1) is 21.6. The van der Waals surface area contributed by atoms with Crippen molar-refractivity contribution in [3.05, 3.63) is 81.4 Å². The second-order valence-electron chi connectivity index (χ2n) is 6.66. The normalized spacial score (nSPS) is 10.2. The Morgan fingerprint density at radius 1 is 0.900 bits per heavy atom. The minimum Gasteiger partial charge on any atom is -0.495 e. The number of hydrogen-bond acceptors (Lipinski definition) is 3. The molecule has 0 saturated carbocycles. The number of methoxy groups -OCH3 is 1. The molecule has 0 bridgehead atoms. The summed E-state index contributed by atoms with van der Waals surface area (Å²) in [6.07, 6.45) is 0.192. The fraction of sp³-hybridized carbons (Fsp3) is 0.130. The molecule has 0 aliphatic rings. The molecule has 30 heavy (non-hydrogen) atoms. The number of carbonyl (C=O) groups excluding carboxylic acids is 2. The molecular formula is C23H22IN3O3. The van der Waals surface area contributed by atoms with Gasteiger partial charge in [0.1, 0.15) is 5.75 Å². The third-order valence-electron chi connectivity index (χ3n) is 4.40. The fourth-order valence-electron chi connectivity index (χ4n) is 2.86. The van der Waals surface area contributed by atoms with Crippen molar-refractivity contribution in [3.63, 3.8) is 0 Å². The number of halogens is 1. The van der Waals surface area contributed by atoms with Gasteiger partial charge in [-0.2, -0.15) is 0 Å². The lowest BCUT2D eigenvalue weighted by atomic mass is 10.1. The van der Waals surface area contributed by atoms with Crippen LogP contribution in [0.3, 0.4) is 0 Å². The van der Waals surface area contributed by atoms with Gasteiger partial charge in [-0.1, -0.05) is 24.3 Å². The number of anilines is 3. The Morgan fingerprint density at radius 3 is 2.30 bits per heavy atom. The molecule has 0 heterocycles. The maximum atomic E-state index is 12.3. The average molecular weight is 515 g/mol. The van der Waals surface area contributed by atoms with Crippen LogP contribution in [0.15, 0.2) is 66.7 Å². The first-order valence-electron chi connectivity index (χ1n) is 9.30. The van der Waals surface area contributed by atoms with Gasteiger partial charge >= 0.3 is 6.03 Å². The summed E-state index contributed by atoms with van der Waals surface area (Å²) in [5.41, 5.74) is 3.75. The van der Waals surface area contributed by atoms with Crippen molar-refractivity contribution in [1.29, 1.82) is 0 Å². The van der Waals surface area contributed by atoms with E-state index in [1.807, 2.05) is 55.5 Å². The fourth-order valence-corrected chi connectivity index (χ4v) is 3.22. The summed E-state index contributed by atoms with van der Waals surface area (Å²) in [5, 5.41) is 8.48. The number of benzene rings is 3. The Kier molecular flexibility index (Phi) is 7.29. The van der Waals surface area contributed by atoms with Gasteiger partial charge in [0, 0.05) is 14.9 Å². The number of nitrogens with one attached hydrogen (secondary N) is 3. The van der Waals surface area contributed by atoms with Gasteiger partial charge in [0.05, 0.1) is 19.2 Å². The molecule has 0 aliphatic heterocycles. The minimum atomic E-state index is -0.369. The molecule has 3 amide bonds. The number of aryl methyl sites for hydroxylation is 1. The topological polar surface area (TPSA) is 79.5 Å². The molecule has 6 nitrogen and oxygen atoms in total. The molecule has 3 aromatic rings. The van der Waals surface area contributed by atoms with Crippen LogP contribution >= 0.6 is 22.6 Å². The smallest absolute Gasteiger partial charge is 0.323 e. The second-order valence-corrected chi connectivity index (χ2v) is 7.91. The molecule has 0 aromatic heterocycles. The maximum Gasteiger partial charge on any atom is 0.323 e. The van der Waals surface area contributed by atoms with Crippen molar-refractivity contribution in [3.8, 4) is 5.75 Å². The molecule has 0 spiro atoms. The van der Waals surface area contributed by atoms with Crippen LogP contribution in [0.4, 0.5) is 21.9 Å². The summed E-state index contributed by atoms with van der Waals surface area (Å²) in [4.78, 5) is 24.7. The van der Waals surface area contributed by atoms with Crippen LogP contribution in [0.1, 0.15) is 11.1 Å². The Bertz CT molecular complexity index is 1050. The van der Waals surface area contributed by atoms with E-state index in [1.54, 1.807) is 18.2 Å². The van der Waals surface area contributed by atoms with Crippen molar-refractivity contribution in [2.45, 2.75) is 13.3 Å². The average Bonchev–Trinajstić information content (AvgIpc) is 2.72. The van der Waals surface area contributed by atoms with E-state index in [0.717, 1.165) is 26.1 Å². The number of hydrogen-bond donors (Lipinski definition) is 3. The van der Waals surface area contributed by atoms with E-state index in [-0.39, 0.29) is 18.4 Å². The van der Waals surface area contributed by atoms with Crippen LogP contribution < -0.4 is 20.7 Å². The number of urea groups is 1. The van der Waals surface area contributed by atoms with Crippen LogP contribution in [-0.2, 0) is 11.2 Å². The zero-order valence-corrected chi connectivity index (χ0v) is 18.8. The van der Waals surface area contributed by atoms with Crippen molar-refractivity contribution in [2.75, 3.05) is 23.1 Å². The van der Waals surface area contributed by atoms with Crippen LogP contribution in [0.5, 0.6) is 5.75 Å². The van der Waals surface area contributed by atoms with Crippen molar-refractivity contribution in [1.82, 2.24) is 0 Å². The Labute approximate surface area is 189 Å². The molecule has 0 unspecified atom stereocenters. The quantitative estimate of drug-likeness (QED) is 0.383. The molecule has 3 rings (SSSR count). The Hall–Kier alpha value is -3.07. The predicted molar refractivity (Wildman–Crippen MR) is 128 cm³/mol. The summed E-state index contributed by atoms with van der Waals surface area (Å²) >= 11 is 2.21. The molecule has 0 atom stereocenters. The highest BCUT2D eigenvalue weighted by Crippen LogP contribution is 2.26. The van der Waals surface area contributed by atoms with Crippen molar-refractivity contribution < 1.29 is 14.3 Å². The molecule has 3 N–H and O–H groups in total. The number of rotatable bonds is 6. The van der Waals surface area contributed by atoms with Crippen LogP contribution in [-0.4, -0.2) is 19.0 Å². The summed E-state index contributed by atoms with van der Waals surface area (Å²) in [6, 6.07) is 20.0. The third kappa shape index (κ3) is 5.96. The standard InChI is InChI=1S/C23H22IN3O3/c1-15-5-3-4-6-19(15)26-23(29)27-20-12-7-16(13-21(20)30-2)14-22(28)25-18-10-8-17(24)9-11-18/h3-13H,14H2,1-2H3,(H,25,28)(H2,26,27,29). The number of para-hydroxylation sites is 1. The zero-order chi connectivity index (χ0) is 21.5. The summed E-state index contributed by atoms with van der Waals surface area (Å²) in [6.45, 7) is 1.92. The SMILES string of the molecule is COc1cc(CC(=O)Nc2ccc(I)cc2)ccc1NC(=O)Nc1ccccc1C. The van der Waals surface area contributed by atoms with E-state index in [4.69, 9.17) is 4.74 Å². The van der Waals surface area contributed by atoms with Gasteiger partial charge in [0.25, 0.3) is 0 Å². The first-order valence-corrected chi connectivity index (χ1v) is 10.4. The van der Waals surface area contributed by atoms with E-state index in [1.165, 1.54) is 7.11 Å². The van der Waals surface area contributed by atoms with Crippen LogP contribution in [0.25, 0.3) is 0 Å². The Morgan fingerprint density at radius 2 is 1.60 bits per heavy atom. The molecule has 7 heteroatoms. The molecule has 0 aliphatic carbocycles. The third-order valence-corrected chi connectivity index (χ3v) is 5.12. The number of amides is 3. The van der Waals surface area contributed by atoms with Gasteiger partial charge in [0.15, 0.2) is 0 Å². The van der Waals surface area contributed by atoms with E-state index >= 15 is 0 Å². The van der Waals surface area contributed by atoms with Gasteiger partial charge in [0.2, 0.25) is 5.91 Å².